The summed E-state index contributed by atoms with van der Waals surface area (Å²) in [7, 11) is 2.15. The number of aromatic nitrogens is 2. The standard InChI is InChI=1S/C14H22BrN5O/c1-11(9-20-5-3-19(2)4-6-20)7-17-14(21)13-12(15)8-16-10-18-13/h8,10-11H,3-7,9H2,1-2H3,(H,17,21)/t11-/m1/s1. The van der Waals surface area contributed by atoms with Crippen LogP contribution in [0.1, 0.15) is 17.4 Å². The summed E-state index contributed by atoms with van der Waals surface area (Å²) in [5.41, 5.74) is 0.386. The highest BCUT2D eigenvalue weighted by atomic mass is 79.9. The van der Waals surface area contributed by atoms with E-state index < -0.39 is 0 Å². The van der Waals surface area contributed by atoms with Crippen molar-refractivity contribution in [3.8, 4) is 0 Å². The molecule has 0 bridgehead atoms. The van der Waals surface area contributed by atoms with Gasteiger partial charge in [0.2, 0.25) is 0 Å². The summed E-state index contributed by atoms with van der Waals surface area (Å²) in [6, 6.07) is 0. The van der Waals surface area contributed by atoms with E-state index in [0.29, 0.717) is 22.6 Å². The molecule has 7 heteroatoms. The minimum atomic E-state index is -0.158. The van der Waals surface area contributed by atoms with E-state index in [4.69, 9.17) is 0 Å². The summed E-state index contributed by atoms with van der Waals surface area (Å²) >= 11 is 3.29. The number of piperazine rings is 1. The zero-order chi connectivity index (χ0) is 15.2. The van der Waals surface area contributed by atoms with E-state index in [1.54, 1.807) is 6.20 Å². The first-order valence-corrected chi connectivity index (χ1v) is 8.00. The number of carbonyl (C=O) groups is 1. The number of hydrogen-bond donors (Lipinski definition) is 1. The smallest absolute Gasteiger partial charge is 0.271 e. The fourth-order valence-electron chi connectivity index (χ4n) is 2.37. The molecule has 6 nitrogen and oxygen atoms in total. The lowest BCUT2D eigenvalue weighted by Crippen LogP contribution is -2.47. The maximum absolute atomic E-state index is 12.1. The van der Waals surface area contributed by atoms with E-state index in [1.807, 2.05) is 0 Å². The third-order valence-electron chi connectivity index (χ3n) is 3.66. The van der Waals surface area contributed by atoms with Crippen molar-refractivity contribution in [2.45, 2.75) is 6.92 Å². The van der Waals surface area contributed by atoms with Crippen LogP contribution in [-0.2, 0) is 0 Å². The highest BCUT2D eigenvalue weighted by Gasteiger charge is 2.17. The van der Waals surface area contributed by atoms with Gasteiger partial charge in [0.1, 0.15) is 12.0 Å². The lowest BCUT2D eigenvalue weighted by Gasteiger charge is -2.33. The van der Waals surface area contributed by atoms with Crippen molar-refractivity contribution in [3.05, 3.63) is 22.7 Å². The Morgan fingerprint density at radius 1 is 1.43 bits per heavy atom. The molecule has 1 aliphatic rings. The zero-order valence-electron chi connectivity index (χ0n) is 12.5. The Bertz CT molecular complexity index is 476. The molecule has 0 unspecified atom stereocenters. The molecule has 1 saturated heterocycles. The van der Waals surface area contributed by atoms with E-state index in [9.17, 15) is 4.79 Å². The molecule has 1 atom stereocenters. The summed E-state index contributed by atoms with van der Waals surface area (Å²) < 4.78 is 0.620. The fraction of sp³-hybridized carbons (Fsp3) is 0.643. The molecule has 0 aromatic carbocycles. The normalized spacial score (nSPS) is 18.4. The van der Waals surface area contributed by atoms with Crippen molar-refractivity contribution in [2.24, 2.45) is 5.92 Å². The zero-order valence-corrected chi connectivity index (χ0v) is 14.1. The van der Waals surface area contributed by atoms with Gasteiger partial charge in [-0.3, -0.25) is 4.79 Å². The Kier molecular flexibility index (Phi) is 6.08. The van der Waals surface area contributed by atoms with Gasteiger partial charge >= 0.3 is 0 Å². The molecule has 2 rings (SSSR count). The average Bonchev–Trinajstić information content (AvgIpc) is 2.48. The van der Waals surface area contributed by atoms with Gasteiger partial charge in [-0.1, -0.05) is 6.92 Å². The molecule has 0 saturated carbocycles. The number of halogens is 1. The van der Waals surface area contributed by atoms with Crippen molar-refractivity contribution in [1.82, 2.24) is 25.1 Å². The van der Waals surface area contributed by atoms with Gasteiger partial charge in [-0.25, -0.2) is 9.97 Å². The second-order valence-electron chi connectivity index (χ2n) is 5.64. The molecule has 1 amide bonds. The summed E-state index contributed by atoms with van der Waals surface area (Å²) in [6.45, 7) is 8.27. The first-order chi connectivity index (χ1) is 10.1. The van der Waals surface area contributed by atoms with E-state index in [1.165, 1.54) is 6.33 Å². The molecule has 0 aliphatic carbocycles. The number of likely N-dealkylation sites (N-methyl/N-ethyl adjacent to an activating group) is 1. The summed E-state index contributed by atoms with van der Waals surface area (Å²) in [5, 5.41) is 2.94. The SMILES string of the molecule is C[C@H](CNC(=O)c1ncncc1Br)CN1CCN(C)CC1. The molecule has 1 N–H and O–H groups in total. The van der Waals surface area contributed by atoms with E-state index in [-0.39, 0.29) is 5.91 Å². The molecule has 21 heavy (non-hydrogen) atoms. The monoisotopic (exact) mass is 355 g/mol. The predicted octanol–water partition coefficient (Wildman–Crippen LogP) is 0.852. The van der Waals surface area contributed by atoms with Crippen LogP contribution in [0.5, 0.6) is 0 Å². The number of carbonyl (C=O) groups excluding carboxylic acids is 1. The molecule has 2 heterocycles. The molecule has 0 radical (unpaired) electrons. The molecule has 1 aromatic heterocycles. The van der Waals surface area contributed by atoms with E-state index in [2.05, 4.69) is 55.0 Å². The van der Waals surface area contributed by atoms with Crippen molar-refractivity contribution < 1.29 is 4.79 Å². The number of rotatable bonds is 5. The van der Waals surface area contributed by atoms with Gasteiger partial charge in [-0.15, -0.1) is 0 Å². The van der Waals surface area contributed by atoms with Crippen LogP contribution >= 0.6 is 15.9 Å². The van der Waals surface area contributed by atoms with Crippen LogP contribution in [-0.4, -0.2) is 72.0 Å². The third-order valence-corrected chi connectivity index (χ3v) is 4.24. The molecular weight excluding hydrogens is 334 g/mol. The predicted molar refractivity (Wildman–Crippen MR) is 85.2 cm³/mol. The second kappa shape index (κ2) is 7.82. The van der Waals surface area contributed by atoms with Gasteiger partial charge in [0.15, 0.2) is 0 Å². The van der Waals surface area contributed by atoms with Crippen LogP contribution in [0.4, 0.5) is 0 Å². The molecule has 1 aromatic rings. The second-order valence-corrected chi connectivity index (χ2v) is 6.49. The van der Waals surface area contributed by atoms with Crippen molar-refractivity contribution in [2.75, 3.05) is 46.3 Å². The molecular formula is C14H22BrN5O. The van der Waals surface area contributed by atoms with Crippen molar-refractivity contribution >= 4 is 21.8 Å². The summed E-state index contributed by atoms with van der Waals surface area (Å²) in [5.74, 6) is 0.257. The Labute approximate surface area is 134 Å². The largest absolute Gasteiger partial charge is 0.350 e. The lowest BCUT2D eigenvalue weighted by atomic mass is 10.1. The first kappa shape index (κ1) is 16.3. The van der Waals surface area contributed by atoms with Crippen LogP contribution in [0.3, 0.4) is 0 Å². The fourth-order valence-corrected chi connectivity index (χ4v) is 2.77. The number of nitrogens with zero attached hydrogens (tertiary/aromatic N) is 4. The highest BCUT2D eigenvalue weighted by Crippen LogP contribution is 2.11. The minimum absolute atomic E-state index is 0.158. The lowest BCUT2D eigenvalue weighted by molar-refractivity contribution is 0.0931. The molecule has 1 aliphatic heterocycles. The van der Waals surface area contributed by atoms with E-state index >= 15 is 0 Å². The maximum Gasteiger partial charge on any atom is 0.271 e. The van der Waals surface area contributed by atoms with E-state index in [0.717, 1.165) is 32.7 Å². The van der Waals surface area contributed by atoms with Crippen LogP contribution in [0.15, 0.2) is 17.0 Å². The Morgan fingerprint density at radius 3 is 2.81 bits per heavy atom. The highest BCUT2D eigenvalue weighted by molar-refractivity contribution is 9.10. The number of hydrogen-bond acceptors (Lipinski definition) is 5. The van der Waals surface area contributed by atoms with Gasteiger partial charge in [0.25, 0.3) is 5.91 Å². The Hall–Kier alpha value is -1.05. The van der Waals surface area contributed by atoms with Crippen LogP contribution in [0.25, 0.3) is 0 Å². The van der Waals surface area contributed by atoms with Crippen LogP contribution in [0.2, 0.25) is 0 Å². The maximum atomic E-state index is 12.1. The van der Waals surface area contributed by atoms with Gasteiger partial charge < -0.3 is 15.1 Å². The number of nitrogens with one attached hydrogen (secondary N) is 1. The van der Waals surface area contributed by atoms with Crippen LogP contribution < -0.4 is 5.32 Å². The van der Waals surface area contributed by atoms with Gasteiger partial charge in [-0.2, -0.15) is 0 Å². The third kappa shape index (κ3) is 5.01. The summed E-state index contributed by atoms with van der Waals surface area (Å²) in [4.78, 5) is 24.7. The van der Waals surface area contributed by atoms with Crippen molar-refractivity contribution in [3.63, 3.8) is 0 Å². The Balaban J connectivity index is 1.75. The van der Waals surface area contributed by atoms with Gasteiger partial charge in [0.05, 0.1) is 4.47 Å². The number of amides is 1. The molecule has 1 fully saturated rings. The molecule has 0 spiro atoms. The molecule has 116 valence electrons. The van der Waals surface area contributed by atoms with Crippen LogP contribution in [0, 0.1) is 5.92 Å². The first-order valence-electron chi connectivity index (χ1n) is 7.21. The van der Waals surface area contributed by atoms with Crippen molar-refractivity contribution in [1.29, 1.82) is 0 Å². The Morgan fingerprint density at radius 2 is 2.14 bits per heavy atom. The average molecular weight is 356 g/mol. The topological polar surface area (TPSA) is 61.4 Å². The van der Waals surface area contributed by atoms with Gasteiger partial charge in [-0.05, 0) is 28.9 Å². The minimum Gasteiger partial charge on any atom is -0.350 e. The quantitative estimate of drug-likeness (QED) is 0.848. The summed E-state index contributed by atoms with van der Waals surface area (Å²) in [6.07, 6.45) is 2.96. The van der Waals surface area contributed by atoms with Gasteiger partial charge in [0, 0.05) is 45.5 Å².